The van der Waals surface area contributed by atoms with Gasteiger partial charge in [0.25, 0.3) is 5.91 Å². The van der Waals surface area contributed by atoms with Gasteiger partial charge in [-0.05, 0) is 35.7 Å². The predicted molar refractivity (Wildman–Crippen MR) is 111 cm³/mol. The van der Waals surface area contributed by atoms with Crippen LogP contribution in [0.1, 0.15) is 37.4 Å². The highest BCUT2D eigenvalue weighted by molar-refractivity contribution is 5.99. The normalized spacial score (nSPS) is 10.8. The second kappa shape index (κ2) is 8.16. The van der Waals surface area contributed by atoms with Crippen molar-refractivity contribution in [3.05, 3.63) is 101 Å². The molecule has 0 aliphatic carbocycles. The zero-order valence-electron chi connectivity index (χ0n) is 16.4. The van der Waals surface area contributed by atoms with E-state index >= 15 is 0 Å². The number of amides is 1. The summed E-state index contributed by atoms with van der Waals surface area (Å²) in [6.07, 6.45) is 5.07. The Morgan fingerprint density at radius 3 is 2.30 bits per heavy atom. The summed E-state index contributed by atoms with van der Waals surface area (Å²) in [5, 5.41) is 13.4. The van der Waals surface area contributed by atoms with Crippen LogP contribution in [0.5, 0.6) is 0 Å². The third-order valence-corrected chi connectivity index (χ3v) is 4.79. The summed E-state index contributed by atoms with van der Waals surface area (Å²) < 4.78 is 1.60. The van der Waals surface area contributed by atoms with Crippen molar-refractivity contribution < 1.29 is 14.7 Å². The van der Waals surface area contributed by atoms with Crippen LogP contribution in [-0.4, -0.2) is 36.5 Å². The average molecular weight is 400 g/mol. The molecule has 4 aromatic rings. The third kappa shape index (κ3) is 4.05. The fourth-order valence-electron chi connectivity index (χ4n) is 3.27. The molecule has 2 heterocycles. The Balaban J connectivity index is 1.66. The van der Waals surface area contributed by atoms with E-state index in [4.69, 9.17) is 5.11 Å². The van der Waals surface area contributed by atoms with Crippen molar-refractivity contribution in [1.82, 2.24) is 19.5 Å². The number of carboxylic acid groups (broad SMARTS) is 1. The molecular formula is C23H20N4O3. The summed E-state index contributed by atoms with van der Waals surface area (Å²) in [7, 11) is 0. The van der Waals surface area contributed by atoms with Crippen molar-refractivity contribution >= 4 is 17.5 Å². The number of aromatic carboxylic acids is 1. The highest BCUT2D eigenvalue weighted by Gasteiger charge is 2.21. The Bertz CT molecular complexity index is 1200. The van der Waals surface area contributed by atoms with Crippen LogP contribution < -0.4 is 0 Å². The molecule has 1 N–H and O–H groups in total. The number of hydrogen-bond donors (Lipinski definition) is 1. The second-order valence-electron chi connectivity index (χ2n) is 7.11. The van der Waals surface area contributed by atoms with E-state index in [1.807, 2.05) is 43.5 Å². The molecule has 0 unspecified atom stereocenters. The molecule has 0 saturated carbocycles. The average Bonchev–Trinajstić information content (AvgIpc) is 3.17. The lowest BCUT2D eigenvalue weighted by Crippen LogP contribution is -2.30. The molecule has 30 heavy (non-hydrogen) atoms. The fraction of sp³-hybridized carbons (Fsp3) is 0.130. The minimum atomic E-state index is -0.980. The summed E-state index contributed by atoms with van der Waals surface area (Å²) in [6, 6.07) is 16.3. The van der Waals surface area contributed by atoms with E-state index in [1.54, 1.807) is 39.9 Å². The number of rotatable bonds is 6. The van der Waals surface area contributed by atoms with Crippen LogP contribution in [0.2, 0.25) is 0 Å². The van der Waals surface area contributed by atoms with Crippen molar-refractivity contribution in [3.8, 4) is 0 Å². The molecule has 2 aromatic carbocycles. The molecule has 0 aliphatic heterocycles. The maximum atomic E-state index is 13.4. The largest absolute Gasteiger partial charge is 0.478 e. The van der Waals surface area contributed by atoms with Gasteiger partial charge in [0, 0.05) is 25.5 Å². The standard InChI is InChI=1S/C23H20N4O3/c1-16-11-24-21-20(12-25-27(21)13-16)22(28)26(14-17-5-3-2-4-6-17)15-18-7-9-19(10-8-18)23(29)30/h2-13H,14-15H2,1H3,(H,29,30). The Kier molecular flexibility index (Phi) is 5.26. The second-order valence-corrected chi connectivity index (χ2v) is 7.11. The molecular weight excluding hydrogens is 380 g/mol. The van der Waals surface area contributed by atoms with E-state index < -0.39 is 5.97 Å². The lowest BCUT2D eigenvalue weighted by atomic mass is 10.1. The zero-order valence-corrected chi connectivity index (χ0v) is 16.4. The van der Waals surface area contributed by atoms with E-state index in [-0.39, 0.29) is 11.5 Å². The van der Waals surface area contributed by atoms with E-state index in [9.17, 15) is 9.59 Å². The highest BCUT2D eigenvalue weighted by Crippen LogP contribution is 2.17. The van der Waals surface area contributed by atoms with Gasteiger partial charge >= 0.3 is 5.97 Å². The van der Waals surface area contributed by atoms with Gasteiger partial charge in [-0.25, -0.2) is 14.3 Å². The fourth-order valence-corrected chi connectivity index (χ4v) is 3.27. The van der Waals surface area contributed by atoms with E-state index in [2.05, 4.69) is 10.1 Å². The van der Waals surface area contributed by atoms with Crippen LogP contribution in [0.15, 0.2) is 73.2 Å². The molecule has 0 saturated heterocycles. The van der Waals surface area contributed by atoms with Gasteiger partial charge in [0.1, 0.15) is 5.56 Å². The number of benzene rings is 2. The molecule has 7 heteroatoms. The number of carbonyl (C=O) groups excluding carboxylic acids is 1. The molecule has 150 valence electrons. The van der Waals surface area contributed by atoms with Crippen LogP contribution in [-0.2, 0) is 13.1 Å². The Labute approximate surface area is 173 Å². The van der Waals surface area contributed by atoms with E-state index in [1.165, 1.54) is 6.20 Å². The molecule has 2 aromatic heterocycles. The van der Waals surface area contributed by atoms with Crippen LogP contribution >= 0.6 is 0 Å². The number of nitrogens with zero attached hydrogens (tertiary/aromatic N) is 4. The number of carbonyl (C=O) groups is 2. The van der Waals surface area contributed by atoms with Crippen molar-refractivity contribution in [1.29, 1.82) is 0 Å². The van der Waals surface area contributed by atoms with Gasteiger partial charge in [0.15, 0.2) is 5.65 Å². The first-order valence-corrected chi connectivity index (χ1v) is 9.46. The Morgan fingerprint density at radius 1 is 0.967 bits per heavy atom. The predicted octanol–water partition coefficient (Wildman–Crippen LogP) is 3.58. The smallest absolute Gasteiger partial charge is 0.335 e. The first-order chi connectivity index (χ1) is 14.5. The van der Waals surface area contributed by atoms with Gasteiger partial charge in [-0.2, -0.15) is 5.10 Å². The first kappa shape index (κ1) is 19.3. The monoisotopic (exact) mass is 400 g/mol. The first-order valence-electron chi connectivity index (χ1n) is 9.46. The molecule has 0 fully saturated rings. The molecule has 0 bridgehead atoms. The van der Waals surface area contributed by atoms with Crippen LogP contribution in [0.4, 0.5) is 0 Å². The quantitative estimate of drug-likeness (QED) is 0.534. The van der Waals surface area contributed by atoms with E-state index in [0.717, 1.165) is 16.7 Å². The lowest BCUT2D eigenvalue weighted by Gasteiger charge is -2.23. The van der Waals surface area contributed by atoms with Crippen LogP contribution in [0, 0.1) is 6.92 Å². The minimum Gasteiger partial charge on any atom is -0.478 e. The lowest BCUT2D eigenvalue weighted by molar-refractivity contribution is 0.0693. The van der Waals surface area contributed by atoms with Gasteiger partial charge in [-0.1, -0.05) is 42.5 Å². The zero-order chi connectivity index (χ0) is 21.1. The molecule has 7 nitrogen and oxygen atoms in total. The van der Waals surface area contributed by atoms with Crippen molar-refractivity contribution in [2.75, 3.05) is 0 Å². The topological polar surface area (TPSA) is 87.8 Å². The maximum absolute atomic E-state index is 13.4. The van der Waals surface area contributed by atoms with Gasteiger partial charge in [0.05, 0.1) is 11.8 Å². The molecule has 4 rings (SSSR count). The Hall–Kier alpha value is -4.00. The van der Waals surface area contributed by atoms with Gasteiger partial charge in [-0.3, -0.25) is 4.79 Å². The molecule has 0 radical (unpaired) electrons. The highest BCUT2D eigenvalue weighted by atomic mass is 16.4. The SMILES string of the molecule is Cc1cnc2c(C(=O)N(Cc3ccccc3)Cc3ccc(C(=O)O)cc3)cnn2c1. The molecule has 0 spiro atoms. The van der Waals surface area contributed by atoms with Crippen LogP contribution in [0.25, 0.3) is 5.65 Å². The van der Waals surface area contributed by atoms with Gasteiger partial charge in [0.2, 0.25) is 0 Å². The third-order valence-electron chi connectivity index (χ3n) is 4.79. The summed E-state index contributed by atoms with van der Waals surface area (Å²) in [4.78, 5) is 30.6. The Morgan fingerprint density at radius 2 is 1.63 bits per heavy atom. The van der Waals surface area contributed by atoms with Crippen molar-refractivity contribution in [2.24, 2.45) is 0 Å². The number of fused-ring (bicyclic) bond motifs is 1. The minimum absolute atomic E-state index is 0.187. The number of aryl methyl sites for hydroxylation is 1. The van der Waals surface area contributed by atoms with Gasteiger partial charge < -0.3 is 10.0 Å². The van der Waals surface area contributed by atoms with Crippen molar-refractivity contribution in [3.63, 3.8) is 0 Å². The number of carboxylic acids is 1. The van der Waals surface area contributed by atoms with Crippen LogP contribution in [0.3, 0.4) is 0 Å². The van der Waals surface area contributed by atoms with E-state index in [0.29, 0.717) is 24.3 Å². The summed E-state index contributed by atoms with van der Waals surface area (Å²) in [6.45, 7) is 2.65. The maximum Gasteiger partial charge on any atom is 0.335 e. The molecule has 1 amide bonds. The molecule has 0 atom stereocenters. The number of aromatic nitrogens is 3. The summed E-state index contributed by atoms with van der Waals surface area (Å²) >= 11 is 0. The number of hydrogen-bond acceptors (Lipinski definition) is 4. The molecule has 0 aliphatic rings. The van der Waals surface area contributed by atoms with Crippen molar-refractivity contribution in [2.45, 2.75) is 20.0 Å². The summed E-state index contributed by atoms with van der Waals surface area (Å²) in [5.41, 5.74) is 3.92. The summed E-state index contributed by atoms with van der Waals surface area (Å²) in [5.74, 6) is -1.17. The van der Waals surface area contributed by atoms with Gasteiger partial charge in [-0.15, -0.1) is 0 Å².